The second-order valence-electron chi connectivity index (χ2n) is 2.15. The van der Waals surface area contributed by atoms with Crippen LogP contribution in [0.25, 0.3) is 0 Å². The molecule has 0 aliphatic rings. The zero-order valence-corrected chi connectivity index (χ0v) is 5.80. The van der Waals surface area contributed by atoms with Crippen LogP contribution in [0.5, 0.6) is 0 Å². The topological polar surface area (TPSA) is 39.2 Å². The summed E-state index contributed by atoms with van der Waals surface area (Å²) in [5, 5.41) is 0. The molecule has 0 amide bonds. The number of hydrogen-bond donors (Lipinski definition) is 1. The van der Waals surface area contributed by atoms with E-state index >= 15 is 0 Å². The fraction of sp³-hybridized carbons (Fsp3) is 0.429. The fourth-order valence-electron chi connectivity index (χ4n) is 0.738. The lowest BCUT2D eigenvalue weighted by Crippen LogP contribution is -2.06. The Kier molecular flexibility index (Phi) is 2.06. The maximum Gasteiger partial charge on any atom is 0.170 e. The summed E-state index contributed by atoms with van der Waals surface area (Å²) < 4.78 is 17.6. The zero-order chi connectivity index (χ0) is 7.56. The zero-order valence-electron chi connectivity index (χ0n) is 5.80. The minimum absolute atomic E-state index is 0.0209. The summed E-state index contributed by atoms with van der Waals surface area (Å²) >= 11 is 0. The van der Waals surface area contributed by atoms with Gasteiger partial charge in [-0.2, -0.15) is 0 Å². The average Bonchev–Trinajstić information content (AvgIpc) is 2.34. The summed E-state index contributed by atoms with van der Waals surface area (Å²) in [5.41, 5.74) is 5.08. The van der Waals surface area contributed by atoms with Gasteiger partial charge < -0.3 is 10.2 Å². The lowest BCUT2D eigenvalue weighted by molar-refractivity contribution is 0.290. The highest BCUT2D eigenvalue weighted by Gasteiger charge is 2.10. The molecule has 0 aliphatic heterocycles. The van der Waals surface area contributed by atoms with Crippen molar-refractivity contribution in [2.24, 2.45) is 5.73 Å². The number of nitrogens with two attached hydrogens (primary N) is 1. The molecular formula is C7H10FNO. The molecule has 1 unspecified atom stereocenters. The Labute approximate surface area is 58.8 Å². The summed E-state index contributed by atoms with van der Waals surface area (Å²) in [7, 11) is 0. The first-order valence-corrected chi connectivity index (χ1v) is 3.14. The van der Waals surface area contributed by atoms with Gasteiger partial charge in [0.15, 0.2) is 6.17 Å². The Morgan fingerprint density at radius 1 is 1.70 bits per heavy atom. The van der Waals surface area contributed by atoms with E-state index in [0.29, 0.717) is 11.5 Å². The molecule has 2 nitrogen and oxygen atoms in total. The molecule has 0 aromatic carbocycles. The van der Waals surface area contributed by atoms with Crippen LogP contribution in [-0.4, -0.2) is 6.54 Å². The van der Waals surface area contributed by atoms with Crippen molar-refractivity contribution in [1.29, 1.82) is 0 Å². The summed E-state index contributed by atoms with van der Waals surface area (Å²) in [6.07, 6.45) is -1.16. The summed E-state index contributed by atoms with van der Waals surface area (Å²) in [5.74, 6) is 1.03. The van der Waals surface area contributed by atoms with E-state index in [1.807, 2.05) is 0 Å². The molecule has 1 aromatic heterocycles. The molecule has 1 atom stereocenters. The first-order valence-electron chi connectivity index (χ1n) is 3.14. The molecule has 3 heteroatoms. The van der Waals surface area contributed by atoms with Gasteiger partial charge in [0.05, 0.1) is 0 Å². The Morgan fingerprint density at radius 2 is 2.40 bits per heavy atom. The number of aryl methyl sites for hydroxylation is 1. The molecule has 0 spiro atoms. The molecule has 0 radical (unpaired) electrons. The van der Waals surface area contributed by atoms with Crippen LogP contribution in [0.1, 0.15) is 17.7 Å². The molecule has 0 saturated heterocycles. The van der Waals surface area contributed by atoms with Gasteiger partial charge in [-0.25, -0.2) is 4.39 Å². The van der Waals surface area contributed by atoms with E-state index in [2.05, 4.69) is 0 Å². The summed E-state index contributed by atoms with van der Waals surface area (Å²) in [6, 6.07) is 3.32. The van der Waals surface area contributed by atoms with E-state index < -0.39 is 6.17 Å². The SMILES string of the molecule is Cc1ccc(C(F)CN)o1. The standard InChI is InChI=1S/C7H10FNO/c1-5-2-3-7(10-5)6(8)4-9/h2-3,6H,4,9H2,1H3. The molecule has 1 heterocycles. The lowest BCUT2D eigenvalue weighted by atomic mass is 10.3. The molecule has 1 rings (SSSR count). The minimum atomic E-state index is -1.16. The smallest absolute Gasteiger partial charge is 0.170 e. The van der Waals surface area contributed by atoms with Crippen molar-refractivity contribution < 1.29 is 8.81 Å². The molecule has 0 bridgehead atoms. The van der Waals surface area contributed by atoms with E-state index in [9.17, 15) is 4.39 Å². The first kappa shape index (κ1) is 7.28. The monoisotopic (exact) mass is 143 g/mol. The van der Waals surface area contributed by atoms with E-state index in [1.165, 1.54) is 0 Å². The summed E-state index contributed by atoms with van der Waals surface area (Å²) in [6.45, 7) is 1.75. The predicted molar refractivity (Wildman–Crippen MR) is 36.3 cm³/mol. The second kappa shape index (κ2) is 2.84. The molecule has 10 heavy (non-hydrogen) atoms. The van der Waals surface area contributed by atoms with Crippen LogP contribution in [-0.2, 0) is 0 Å². The Bertz CT molecular complexity index is 209. The van der Waals surface area contributed by atoms with Crippen molar-refractivity contribution in [2.75, 3.05) is 6.54 Å². The van der Waals surface area contributed by atoms with Crippen LogP contribution in [0.15, 0.2) is 16.5 Å². The lowest BCUT2D eigenvalue weighted by Gasteiger charge is -1.98. The Balaban J connectivity index is 2.74. The normalized spacial score (nSPS) is 13.5. The van der Waals surface area contributed by atoms with Crippen molar-refractivity contribution in [2.45, 2.75) is 13.1 Å². The Hall–Kier alpha value is -0.830. The molecule has 56 valence electrons. The van der Waals surface area contributed by atoms with Crippen LogP contribution in [0, 0.1) is 6.92 Å². The van der Waals surface area contributed by atoms with Crippen molar-refractivity contribution in [1.82, 2.24) is 0 Å². The summed E-state index contributed by atoms with van der Waals surface area (Å²) in [4.78, 5) is 0. The minimum Gasteiger partial charge on any atom is -0.463 e. The first-order chi connectivity index (χ1) is 4.74. The van der Waals surface area contributed by atoms with Gasteiger partial charge in [0.2, 0.25) is 0 Å². The van der Waals surface area contributed by atoms with Crippen LogP contribution in [0.3, 0.4) is 0 Å². The van der Waals surface area contributed by atoms with Gasteiger partial charge in [0.25, 0.3) is 0 Å². The van der Waals surface area contributed by atoms with Crippen molar-refractivity contribution in [3.63, 3.8) is 0 Å². The number of hydrogen-bond acceptors (Lipinski definition) is 2. The largest absolute Gasteiger partial charge is 0.463 e. The Morgan fingerprint density at radius 3 is 2.80 bits per heavy atom. The van der Waals surface area contributed by atoms with Gasteiger partial charge >= 0.3 is 0 Å². The van der Waals surface area contributed by atoms with Crippen molar-refractivity contribution in [3.8, 4) is 0 Å². The van der Waals surface area contributed by atoms with E-state index in [-0.39, 0.29) is 6.54 Å². The van der Waals surface area contributed by atoms with Gasteiger partial charge in [0.1, 0.15) is 11.5 Å². The third-order valence-corrected chi connectivity index (χ3v) is 1.28. The van der Waals surface area contributed by atoms with Gasteiger partial charge in [-0.3, -0.25) is 0 Å². The molecular weight excluding hydrogens is 133 g/mol. The highest BCUT2D eigenvalue weighted by atomic mass is 19.1. The third-order valence-electron chi connectivity index (χ3n) is 1.28. The van der Waals surface area contributed by atoms with Gasteiger partial charge in [-0.1, -0.05) is 0 Å². The molecule has 2 N–H and O–H groups in total. The van der Waals surface area contributed by atoms with Gasteiger partial charge in [0, 0.05) is 6.54 Å². The number of furan rings is 1. The van der Waals surface area contributed by atoms with Gasteiger partial charge in [-0.15, -0.1) is 0 Å². The predicted octanol–water partition coefficient (Wildman–Crippen LogP) is 1.56. The number of halogens is 1. The third kappa shape index (κ3) is 1.36. The quantitative estimate of drug-likeness (QED) is 0.682. The second-order valence-corrected chi connectivity index (χ2v) is 2.15. The highest BCUT2D eigenvalue weighted by molar-refractivity contribution is 5.08. The fourth-order valence-corrected chi connectivity index (χ4v) is 0.738. The van der Waals surface area contributed by atoms with Crippen molar-refractivity contribution >= 4 is 0 Å². The van der Waals surface area contributed by atoms with E-state index in [4.69, 9.17) is 10.2 Å². The maximum absolute atomic E-state index is 12.7. The molecule has 1 aromatic rings. The maximum atomic E-state index is 12.7. The molecule has 0 fully saturated rings. The van der Waals surface area contributed by atoms with Crippen LogP contribution in [0.2, 0.25) is 0 Å². The highest BCUT2D eigenvalue weighted by Crippen LogP contribution is 2.17. The number of rotatable bonds is 2. The van der Waals surface area contributed by atoms with Crippen LogP contribution in [0.4, 0.5) is 4.39 Å². The average molecular weight is 143 g/mol. The molecule has 0 saturated carbocycles. The van der Waals surface area contributed by atoms with Crippen LogP contribution >= 0.6 is 0 Å². The number of alkyl halides is 1. The molecule has 0 aliphatic carbocycles. The van der Waals surface area contributed by atoms with Crippen LogP contribution < -0.4 is 5.73 Å². The van der Waals surface area contributed by atoms with E-state index in [1.54, 1.807) is 19.1 Å². The van der Waals surface area contributed by atoms with E-state index in [0.717, 1.165) is 0 Å². The van der Waals surface area contributed by atoms with Gasteiger partial charge in [-0.05, 0) is 19.1 Å². The van der Waals surface area contributed by atoms with Crippen molar-refractivity contribution in [3.05, 3.63) is 23.7 Å².